The van der Waals surface area contributed by atoms with E-state index in [0.717, 1.165) is 40.6 Å². The van der Waals surface area contributed by atoms with Crippen molar-refractivity contribution >= 4 is 33.3 Å². The highest BCUT2D eigenvalue weighted by atomic mass is 79.9. The lowest BCUT2D eigenvalue weighted by Crippen LogP contribution is -2.08. The van der Waals surface area contributed by atoms with E-state index in [9.17, 15) is 0 Å². The maximum Gasteiger partial charge on any atom is 0.136 e. The Morgan fingerprint density at radius 3 is 2.44 bits per heavy atom. The summed E-state index contributed by atoms with van der Waals surface area (Å²) in [5, 5.41) is 6.73. The highest BCUT2D eigenvalue weighted by Crippen LogP contribution is 2.26. The van der Waals surface area contributed by atoms with Crippen molar-refractivity contribution in [2.45, 2.75) is 20.3 Å². The molecule has 3 aromatic rings. The maximum absolute atomic E-state index is 4.48. The molecule has 0 aliphatic carbocycles. The van der Waals surface area contributed by atoms with E-state index in [1.165, 1.54) is 11.1 Å². The summed E-state index contributed by atoms with van der Waals surface area (Å²) in [5.74, 6) is 2.34. The molecule has 0 unspecified atom stereocenters. The van der Waals surface area contributed by atoms with Crippen LogP contribution in [0.2, 0.25) is 0 Å². The number of aryl methyl sites for hydroxylation is 2. The third-order valence-electron chi connectivity index (χ3n) is 3.79. The van der Waals surface area contributed by atoms with Crippen molar-refractivity contribution in [3.05, 3.63) is 76.0 Å². The predicted octanol–water partition coefficient (Wildman–Crippen LogP) is 5.25. The molecule has 0 saturated heterocycles. The molecule has 0 aliphatic heterocycles. The fraction of sp³-hybridized carbons (Fsp3) is 0.200. The van der Waals surface area contributed by atoms with Gasteiger partial charge >= 0.3 is 0 Å². The average molecular weight is 397 g/mol. The van der Waals surface area contributed by atoms with Gasteiger partial charge in [0.15, 0.2) is 0 Å². The first kappa shape index (κ1) is 17.4. The largest absolute Gasteiger partial charge is 0.370 e. The van der Waals surface area contributed by atoms with Crippen molar-refractivity contribution in [3.8, 4) is 0 Å². The maximum atomic E-state index is 4.48. The van der Waals surface area contributed by atoms with Gasteiger partial charge in [-0.25, -0.2) is 9.97 Å². The van der Waals surface area contributed by atoms with Gasteiger partial charge in [0.25, 0.3) is 0 Å². The lowest BCUT2D eigenvalue weighted by molar-refractivity contribution is 0.983. The van der Waals surface area contributed by atoms with Crippen LogP contribution < -0.4 is 10.6 Å². The second-order valence-electron chi connectivity index (χ2n) is 5.96. The minimum absolute atomic E-state index is 0.732. The lowest BCUT2D eigenvalue weighted by atomic mass is 10.1. The Labute approximate surface area is 156 Å². The highest BCUT2D eigenvalue weighted by Gasteiger charge is 2.05. The predicted molar refractivity (Wildman–Crippen MR) is 108 cm³/mol. The summed E-state index contributed by atoms with van der Waals surface area (Å²) < 4.78 is 1.02. The molecule has 128 valence electrons. The molecule has 5 heteroatoms. The molecule has 0 amide bonds. The molecule has 1 heterocycles. The fourth-order valence-electron chi connectivity index (χ4n) is 2.56. The Kier molecular flexibility index (Phi) is 5.66. The van der Waals surface area contributed by atoms with Gasteiger partial charge < -0.3 is 10.6 Å². The Hall–Kier alpha value is -2.40. The quantitative estimate of drug-likeness (QED) is 0.596. The van der Waals surface area contributed by atoms with Crippen LogP contribution in [0.15, 0.2) is 59.1 Å². The van der Waals surface area contributed by atoms with Crippen LogP contribution in [0, 0.1) is 13.8 Å². The minimum atomic E-state index is 0.732. The standard InChI is InChI=1S/C20H21BrN4/c1-14-8-9-18(17(21)12-14)25-20-13-19(23-15(2)24-20)22-11-10-16-6-4-3-5-7-16/h3-9,12-13H,10-11H2,1-2H3,(H2,22,23,24,25). The van der Waals surface area contributed by atoms with E-state index in [0.29, 0.717) is 0 Å². The number of anilines is 3. The molecule has 0 aliphatic rings. The Balaban J connectivity index is 1.67. The zero-order valence-corrected chi connectivity index (χ0v) is 16.0. The van der Waals surface area contributed by atoms with E-state index in [4.69, 9.17) is 0 Å². The SMILES string of the molecule is Cc1ccc(Nc2cc(NCCc3ccccc3)nc(C)n2)c(Br)c1. The summed E-state index contributed by atoms with van der Waals surface area (Å²) in [6.07, 6.45) is 0.955. The summed E-state index contributed by atoms with van der Waals surface area (Å²) >= 11 is 3.59. The van der Waals surface area contributed by atoms with E-state index < -0.39 is 0 Å². The number of nitrogens with zero attached hydrogens (tertiary/aromatic N) is 2. The molecule has 3 rings (SSSR count). The second-order valence-corrected chi connectivity index (χ2v) is 6.81. The van der Waals surface area contributed by atoms with E-state index in [-0.39, 0.29) is 0 Å². The highest BCUT2D eigenvalue weighted by molar-refractivity contribution is 9.10. The third-order valence-corrected chi connectivity index (χ3v) is 4.44. The van der Waals surface area contributed by atoms with Gasteiger partial charge in [-0.1, -0.05) is 36.4 Å². The molecule has 25 heavy (non-hydrogen) atoms. The fourth-order valence-corrected chi connectivity index (χ4v) is 3.15. The van der Waals surface area contributed by atoms with Crippen molar-refractivity contribution in [2.24, 2.45) is 0 Å². The minimum Gasteiger partial charge on any atom is -0.370 e. The molecular formula is C20H21BrN4. The molecule has 4 nitrogen and oxygen atoms in total. The van der Waals surface area contributed by atoms with Crippen molar-refractivity contribution in [2.75, 3.05) is 17.2 Å². The summed E-state index contributed by atoms with van der Waals surface area (Å²) in [5.41, 5.74) is 3.50. The molecule has 0 atom stereocenters. The van der Waals surface area contributed by atoms with E-state index in [1.807, 2.05) is 25.1 Å². The van der Waals surface area contributed by atoms with Crippen LogP contribution in [-0.2, 0) is 6.42 Å². The molecule has 2 aromatic carbocycles. The summed E-state index contributed by atoms with van der Waals surface area (Å²) in [6, 6.07) is 18.5. The summed E-state index contributed by atoms with van der Waals surface area (Å²) in [7, 11) is 0. The summed E-state index contributed by atoms with van der Waals surface area (Å²) in [6.45, 7) is 4.80. The molecule has 1 aromatic heterocycles. The van der Waals surface area contributed by atoms with Gasteiger partial charge in [-0.05, 0) is 59.5 Å². The van der Waals surface area contributed by atoms with Crippen LogP contribution in [0.3, 0.4) is 0 Å². The van der Waals surface area contributed by atoms with Gasteiger partial charge in [0.2, 0.25) is 0 Å². The van der Waals surface area contributed by atoms with E-state index in [1.54, 1.807) is 0 Å². The zero-order chi connectivity index (χ0) is 17.6. The van der Waals surface area contributed by atoms with Crippen LogP contribution in [0.4, 0.5) is 17.3 Å². The van der Waals surface area contributed by atoms with Crippen molar-refractivity contribution in [1.82, 2.24) is 9.97 Å². The lowest BCUT2D eigenvalue weighted by Gasteiger charge is -2.12. The topological polar surface area (TPSA) is 49.8 Å². The first-order chi connectivity index (χ1) is 12.1. The monoisotopic (exact) mass is 396 g/mol. The zero-order valence-electron chi connectivity index (χ0n) is 14.4. The van der Waals surface area contributed by atoms with Gasteiger partial charge in [-0.15, -0.1) is 0 Å². The molecular weight excluding hydrogens is 376 g/mol. The van der Waals surface area contributed by atoms with Crippen molar-refractivity contribution in [1.29, 1.82) is 0 Å². The number of hydrogen-bond acceptors (Lipinski definition) is 4. The number of hydrogen-bond donors (Lipinski definition) is 2. The van der Waals surface area contributed by atoms with Gasteiger partial charge in [0.1, 0.15) is 17.5 Å². The first-order valence-corrected chi connectivity index (χ1v) is 9.06. The van der Waals surface area contributed by atoms with Gasteiger partial charge in [0.05, 0.1) is 5.69 Å². The number of halogens is 1. The van der Waals surface area contributed by atoms with Crippen LogP contribution in [-0.4, -0.2) is 16.5 Å². The molecule has 0 fully saturated rings. The van der Waals surface area contributed by atoms with Gasteiger partial charge in [0, 0.05) is 17.1 Å². The number of rotatable bonds is 6. The Morgan fingerprint density at radius 2 is 1.68 bits per heavy atom. The summed E-state index contributed by atoms with van der Waals surface area (Å²) in [4.78, 5) is 8.95. The smallest absolute Gasteiger partial charge is 0.136 e. The van der Waals surface area contributed by atoms with Gasteiger partial charge in [-0.3, -0.25) is 0 Å². The number of nitrogens with one attached hydrogen (secondary N) is 2. The van der Waals surface area contributed by atoms with Crippen LogP contribution in [0.1, 0.15) is 17.0 Å². The van der Waals surface area contributed by atoms with Gasteiger partial charge in [-0.2, -0.15) is 0 Å². The normalized spacial score (nSPS) is 10.5. The molecule has 0 spiro atoms. The third kappa shape index (κ3) is 5.03. The average Bonchev–Trinajstić information content (AvgIpc) is 2.58. The van der Waals surface area contributed by atoms with Crippen LogP contribution >= 0.6 is 15.9 Å². The van der Waals surface area contributed by atoms with Crippen LogP contribution in [0.5, 0.6) is 0 Å². The number of aromatic nitrogens is 2. The van der Waals surface area contributed by atoms with Crippen LogP contribution in [0.25, 0.3) is 0 Å². The second kappa shape index (κ2) is 8.12. The molecule has 0 radical (unpaired) electrons. The molecule has 0 bridgehead atoms. The van der Waals surface area contributed by atoms with Crippen molar-refractivity contribution < 1.29 is 0 Å². The Morgan fingerprint density at radius 1 is 0.920 bits per heavy atom. The van der Waals surface area contributed by atoms with Crippen molar-refractivity contribution in [3.63, 3.8) is 0 Å². The first-order valence-electron chi connectivity index (χ1n) is 8.27. The number of benzene rings is 2. The Bertz CT molecular complexity index is 850. The molecule has 0 saturated carbocycles. The van der Waals surface area contributed by atoms with E-state index in [2.05, 4.69) is 79.9 Å². The molecule has 2 N–H and O–H groups in total. The van der Waals surface area contributed by atoms with E-state index >= 15 is 0 Å².